The molecule has 2 amide bonds. The second-order valence-electron chi connectivity index (χ2n) is 9.52. The SMILES string of the molecule is CN(Cc1nc2ccccc2[nH]1)C(=O)c1ccc2c(c1)CN(CCc1ccccc1)C(=O)[C@H](CC(=O)O)N2. The van der Waals surface area contributed by atoms with Gasteiger partial charge in [0.2, 0.25) is 5.91 Å². The number of aliphatic carboxylic acids is 1. The molecule has 0 aliphatic carbocycles. The quantitative estimate of drug-likeness (QED) is 0.332. The molecule has 9 heteroatoms. The fourth-order valence-corrected chi connectivity index (χ4v) is 4.76. The predicted molar refractivity (Wildman–Crippen MR) is 144 cm³/mol. The van der Waals surface area contributed by atoms with Crippen molar-refractivity contribution in [3.05, 3.63) is 95.3 Å². The number of hydrogen-bond donors (Lipinski definition) is 3. The van der Waals surface area contributed by atoms with Gasteiger partial charge in [0.05, 0.1) is 24.0 Å². The molecule has 2 heterocycles. The van der Waals surface area contributed by atoms with Gasteiger partial charge in [-0.1, -0.05) is 42.5 Å². The largest absolute Gasteiger partial charge is 0.481 e. The average Bonchev–Trinajstić information content (AvgIpc) is 3.27. The Hall–Kier alpha value is -4.66. The van der Waals surface area contributed by atoms with Crippen molar-refractivity contribution in [1.29, 1.82) is 0 Å². The van der Waals surface area contributed by atoms with E-state index in [1.807, 2.05) is 54.6 Å². The van der Waals surface area contributed by atoms with Crippen LogP contribution in [0.3, 0.4) is 0 Å². The van der Waals surface area contributed by atoms with Crippen molar-refractivity contribution in [2.75, 3.05) is 18.9 Å². The number of carbonyl (C=O) groups is 3. The molecule has 4 aromatic rings. The first kappa shape index (κ1) is 25.0. The molecule has 0 fully saturated rings. The first-order valence-electron chi connectivity index (χ1n) is 12.5. The fraction of sp³-hybridized carbons (Fsp3) is 0.241. The molecular formula is C29H29N5O4. The molecule has 0 radical (unpaired) electrons. The summed E-state index contributed by atoms with van der Waals surface area (Å²) >= 11 is 0. The highest BCUT2D eigenvalue weighted by Crippen LogP contribution is 2.26. The summed E-state index contributed by atoms with van der Waals surface area (Å²) in [6.07, 6.45) is 0.307. The number of anilines is 1. The Morgan fingerprint density at radius 3 is 2.61 bits per heavy atom. The standard InChI is InChI=1S/C29H29N5O4/c1-33(18-26-31-23-9-5-6-10-24(23)32-26)28(37)20-11-12-22-21(15-20)17-34(14-13-19-7-3-2-4-8-19)29(38)25(30-22)16-27(35)36/h2-12,15,25,30H,13-14,16-18H2,1H3,(H,31,32)(H,35,36)/t25-/m0/s1. The van der Waals surface area contributed by atoms with E-state index in [0.717, 1.165) is 22.2 Å². The number of hydrogen-bond acceptors (Lipinski definition) is 5. The highest BCUT2D eigenvalue weighted by Gasteiger charge is 2.31. The number of nitrogens with zero attached hydrogens (tertiary/aromatic N) is 3. The number of rotatable bonds is 8. The number of carbonyl (C=O) groups excluding carboxylic acids is 2. The van der Waals surface area contributed by atoms with E-state index in [-0.39, 0.29) is 24.8 Å². The van der Waals surface area contributed by atoms with Crippen LogP contribution in [0.15, 0.2) is 72.8 Å². The van der Waals surface area contributed by atoms with Crippen molar-refractivity contribution in [2.24, 2.45) is 0 Å². The molecule has 0 spiro atoms. The summed E-state index contributed by atoms with van der Waals surface area (Å²) in [7, 11) is 1.72. The third-order valence-electron chi connectivity index (χ3n) is 6.72. The lowest BCUT2D eigenvalue weighted by molar-refractivity contribution is -0.141. The van der Waals surface area contributed by atoms with Crippen LogP contribution in [0.25, 0.3) is 11.0 Å². The Bertz CT molecular complexity index is 1450. The minimum absolute atomic E-state index is 0.179. The molecule has 0 saturated carbocycles. The van der Waals surface area contributed by atoms with Crippen molar-refractivity contribution in [3.8, 4) is 0 Å². The summed E-state index contributed by atoms with van der Waals surface area (Å²) in [5, 5.41) is 12.5. The van der Waals surface area contributed by atoms with Crippen molar-refractivity contribution in [1.82, 2.24) is 19.8 Å². The molecule has 1 atom stereocenters. The van der Waals surface area contributed by atoms with Crippen LogP contribution in [0, 0.1) is 0 Å². The summed E-state index contributed by atoms with van der Waals surface area (Å²) in [5.41, 5.74) is 4.75. The van der Waals surface area contributed by atoms with Crippen LogP contribution in [0.5, 0.6) is 0 Å². The van der Waals surface area contributed by atoms with Gasteiger partial charge in [-0.25, -0.2) is 4.98 Å². The Kier molecular flexibility index (Phi) is 7.08. The number of benzene rings is 3. The van der Waals surface area contributed by atoms with Gasteiger partial charge in [-0.05, 0) is 47.9 Å². The highest BCUT2D eigenvalue weighted by atomic mass is 16.4. The van der Waals surface area contributed by atoms with Crippen molar-refractivity contribution in [2.45, 2.75) is 32.0 Å². The number of para-hydroxylation sites is 2. The Balaban J connectivity index is 1.36. The number of fused-ring (bicyclic) bond motifs is 2. The first-order chi connectivity index (χ1) is 18.4. The van der Waals surface area contributed by atoms with Crippen LogP contribution in [-0.2, 0) is 29.1 Å². The maximum Gasteiger partial charge on any atom is 0.305 e. The Morgan fingerprint density at radius 1 is 1.08 bits per heavy atom. The minimum atomic E-state index is -1.05. The summed E-state index contributed by atoms with van der Waals surface area (Å²) in [6, 6.07) is 21.9. The van der Waals surface area contributed by atoms with Gasteiger partial charge in [-0.15, -0.1) is 0 Å². The molecular weight excluding hydrogens is 482 g/mol. The molecule has 3 aromatic carbocycles. The molecule has 38 heavy (non-hydrogen) atoms. The zero-order valence-corrected chi connectivity index (χ0v) is 21.1. The highest BCUT2D eigenvalue weighted by molar-refractivity contribution is 5.95. The average molecular weight is 512 g/mol. The minimum Gasteiger partial charge on any atom is -0.481 e. The number of imidazole rings is 1. The molecule has 194 valence electrons. The van der Waals surface area contributed by atoms with E-state index in [4.69, 9.17) is 0 Å². The molecule has 1 aliphatic rings. The van der Waals surface area contributed by atoms with Crippen LogP contribution in [0.2, 0.25) is 0 Å². The van der Waals surface area contributed by atoms with Gasteiger partial charge < -0.3 is 25.2 Å². The summed E-state index contributed by atoms with van der Waals surface area (Å²) in [5.74, 6) is -0.815. The van der Waals surface area contributed by atoms with Gasteiger partial charge in [0.15, 0.2) is 0 Å². The third-order valence-corrected chi connectivity index (χ3v) is 6.72. The predicted octanol–water partition coefficient (Wildman–Crippen LogP) is 3.68. The third kappa shape index (κ3) is 5.51. The molecule has 3 N–H and O–H groups in total. The van der Waals surface area contributed by atoms with Crippen LogP contribution < -0.4 is 5.32 Å². The summed E-state index contributed by atoms with van der Waals surface area (Å²) < 4.78 is 0. The molecule has 9 nitrogen and oxygen atoms in total. The van der Waals surface area contributed by atoms with E-state index in [9.17, 15) is 19.5 Å². The number of amides is 2. The lowest BCUT2D eigenvalue weighted by atomic mass is 10.1. The number of aromatic nitrogens is 2. The topological polar surface area (TPSA) is 119 Å². The monoisotopic (exact) mass is 511 g/mol. The molecule has 1 aromatic heterocycles. The smallest absolute Gasteiger partial charge is 0.305 e. The van der Waals surface area contributed by atoms with E-state index in [2.05, 4.69) is 15.3 Å². The normalized spacial score (nSPS) is 15.0. The van der Waals surface area contributed by atoms with E-state index < -0.39 is 12.0 Å². The number of H-pyrrole nitrogens is 1. The lowest BCUT2D eigenvalue weighted by Gasteiger charge is -2.24. The van der Waals surface area contributed by atoms with E-state index in [0.29, 0.717) is 36.6 Å². The van der Waals surface area contributed by atoms with Gasteiger partial charge in [-0.3, -0.25) is 14.4 Å². The van der Waals surface area contributed by atoms with Crippen molar-refractivity contribution < 1.29 is 19.5 Å². The fourth-order valence-electron chi connectivity index (χ4n) is 4.76. The van der Waals surface area contributed by atoms with Crippen LogP contribution >= 0.6 is 0 Å². The second-order valence-corrected chi connectivity index (χ2v) is 9.52. The van der Waals surface area contributed by atoms with Gasteiger partial charge in [0.25, 0.3) is 5.91 Å². The van der Waals surface area contributed by atoms with Crippen LogP contribution in [0.4, 0.5) is 5.69 Å². The maximum atomic E-state index is 13.3. The Morgan fingerprint density at radius 2 is 1.84 bits per heavy atom. The van der Waals surface area contributed by atoms with Gasteiger partial charge in [0.1, 0.15) is 11.9 Å². The molecule has 1 aliphatic heterocycles. The number of carboxylic acids is 1. The molecule has 5 rings (SSSR count). The number of nitrogens with one attached hydrogen (secondary N) is 2. The van der Waals surface area contributed by atoms with Gasteiger partial charge in [0, 0.05) is 31.4 Å². The Labute approximate surface area is 220 Å². The van der Waals surface area contributed by atoms with Crippen LogP contribution in [-0.4, -0.2) is 62.3 Å². The zero-order chi connectivity index (χ0) is 26.6. The van der Waals surface area contributed by atoms with Crippen molar-refractivity contribution in [3.63, 3.8) is 0 Å². The summed E-state index contributed by atoms with van der Waals surface area (Å²) in [6.45, 7) is 1.02. The second kappa shape index (κ2) is 10.8. The molecule has 0 bridgehead atoms. The van der Waals surface area contributed by atoms with Crippen molar-refractivity contribution >= 4 is 34.5 Å². The van der Waals surface area contributed by atoms with E-state index in [1.54, 1.807) is 35.0 Å². The first-order valence-corrected chi connectivity index (χ1v) is 12.5. The number of carboxylic acid groups (broad SMARTS) is 1. The van der Waals surface area contributed by atoms with Gasteiger partial charge >= 0.3 is 5.97 Å². The lowest BCUT2D eigenvalue weighted by Crippen LogP contribution is -2.42. The number of aromatic amines is 1. The maximum absolute atomic E-state index is 13.3. The molecule has 0 unspecified atom stereocenters. The summed E-state index contributed by atoms with van der Waals surface area (Å²) in [4.78, 5) is 49.1. The zero-order valence-electron chi connectivity index (χ0n) is 21.1. The van der Waals surface area contributed by atoms with E-state index in [1.165, 1.54) is 0 Å². The van der Waals surface area contributed by atoms with Crippen LogP contribution in [0.1, 0.15) is 33.7 Å². The molecule has 0 saturated heterocycles. The van der Waals surface area contributed by atoms with E-state index >= 15 is 0 Å². The van der Waals surface area contributed by atoms with Gasteiger partial charge in [-0.2, -0.15) is 0 Å².